The molecule has 3 heterocycles. The van der Waals surface area contributed by atoms with E-state index in [0.29, 0.717) is 38.2 Å². The van der Waals surface area contributed by atoms with Crippen molar-refractivity contribution in [1.82, 2.24) is 20.9 Å². The number of amides is 4. The molecule has 2 unspecified atom stereocenters. The molecule has 5 N–H and O–H groups in total. The largest absolute Gasteiger partial charge is 0.467 e. The molecule has 218 valence electrons. The quantitative estimate of drug-likeness (QED) is 0.200. The first-order valence-electron chi connectivity index (χ1n) is 12.8. The minimum Gasteiger partial charge on any atom is -0.467 e. The Balaban J connectivity index is 1.58. The Bertz CT molecular complexity index is 1120. The van der Waals surface area contributed by atoms with Crippen LogP contribution < -0.4 is 16.0 Å². The third-order valence-corrected chi connectivity index (χ3v) is 7.68. The van der Waals surface area contributed by atoms with Gasteiger partial charge >= 0.3 is 6.09 Å². The number of alkyl carbamates (subject to hydrolysis) is 1. The van der Waals surface area contributed by atoms with Gasteiger partial charge in [0.25, 0.3) is 10.1 Å². The van der Waals surface area contributed by atoms with E-state index in [2.05, 4.69) is 16.0 Å². The van der Waals surface area contributed by atoms with Crippen molar-refractivity contribution >= 4 is 33.9 Å². The van der Waals surface area contributed by atoms with Gasteiger partial charge in [0.05, 0.1) is 24.8 Å². The summed E-state index contributed by atoms with van der Waals surface area (Å²) < 4.78 is 43.1. The van der Waals surface area contributed by atoms with Crippen molar-refractivity contribution < 1.29 is 46.4 Å². The third kappa shape index (κ3) is 8.66. The Morgan fingerprint density at radius 1 is 1.23 bits per heavy atom. The zero-order chi connectivity index (χ0) is 28.7. The summed E-state index contributed by atoms with van der Waals surface area (Å²) in [5.74, 6) is -2.04. The van der Waals surface area contributed by atoms with Crippen LogP contribution in [0.4, 0.5) is 4.79 Å². The minimum atomic E-state index is -4.97. The van der Waals surface area contributed by atoms with Gasteiger partial charge in [0.2, 0.25) is 23.2 Å². The van der Waals surface area contributed by atoms with Crippen molar-refractivity contribution in [3.63, 3.8) is 0 Å². The number of ether oxygens (including phenoxy) is 1. The molecule has 0 aromatic carbocycles. The molecule has 0 bridgehead atoms. The molecule has 14 nitrogen and oxygen atoms in total. The Labute approximate surface area is 226 Å². The summed E-state index contributed by atoms with van der Waals surface area (Å²) in [6, 6.07) is 0.791. The van der Waals surface area contributed by atoms with E-state index in [1.165, 1.54) is 6.26 Å². The van der Waals surface area contributed by atoms with E-state index >= 15 is 0 Å². The highest BCUT2D eigenvalue weighted by Gasteiger charge is 2.38. The van der Waals surface area contributed by atoms with Crippen LogP contribution in [0.3, 0.4) is 0 Å². The Kier molecular flexibility index (Phi) is 10.3. The average Bonchev–Trinajstić information content (AvgIpc) is 3.59. The number of aliphatic hydroxyl groups excluding tert-OH is 1. The molecule has 1 aromatic heterocycles. The second kappa shape index (κ2) is 13.3. The molecule has 5 atom stereocenters. The topological polar surface area (TPSA) is 205 Å². The number of aliphatic hydroxyl groups is 1. The Morgan fingerprint density at radius 2 is 1.97 bits per heavy atom. The van der Waals surface area contributed by atoms with Crippen LogP contribution in [0, 0.1) is 17.8 Å². The molecule has 0 spiro atoms. The van der Waals surface area contributed by atoms with E-state index < -0.39 is 51.5 Å². The summed E-state index contributed by atoms with van der Waals surface area (Å²) in [5.41, 5.74) is -2.38. The molecule has 2 saturated heterocycles. The van der Waals surface area contributed by atoms with Crippen molar-refractivity contribution in [2.45, 2.75) is 63.6 Å². The zero-order valence-corrected chi connectivity index (χ0v) is 22.7. The first-order chi connectivity index (χ1) is 18.3. The molecule has 1 aromatic rings. The number of likely N-dealkylation sites (tertiary alicyclic amines) is 1. The fourth-order valence-electron chi connectivity index (χ4n) is 4.68. The number of rotatable bonds is 13. The normalized spacial score (nSPS) is 21.9. The van der Waals surface area contributed by atoms with Crippen LogP contribution in [0.25, 0.3) is 0 Å². The summed E-state index contributed by atoms with van der Waals surface area (Å²) in [7, 11) is -4.97. The van der Waals surface area contributed by atoms with E-state index in [9.17, 15) is 37.3 Å². The van der Waals surface area contributed by atoms with Gasteiger partial charge in [0, 0.05) is 19.0 Å². The number of nitrogens with zero attached hydrogens (tertiary/aromatic N) is 1. The number of nitrogens with one attached hydrogen (secondary N) is 3. The lowest BCUT2D eigenvalue weighted by atomic mass is 9.97. The zero-order valence-electron chi connectivity index (χ0n) is 21.9. The van der Waals surface area contributed by atoms with E-state index in [1.54, 1.807) is 30.9 Å². The maximum Gasteiger partial charge on any atom is 0.407 e. The Morgan fingerprint density at radius 3 is 2.56 bits per heavy atom. The number of hydrogen-bond acceptors (Lipinski definition) is 9. The molecular weight excluding hydrogens is 536 g/mol. The summed E-state index contributed by atoms with van der Waals surface area (Å²) in [6.07, 6.45) is 1.31. The maximum absolute atomic E-state index is 13.1. The first kappa shape index (κ1) is 30.4. The summed E-state index contributed by atoms with van der Waals surface area (Å²) in [6.45, 7) is 4.54. The van der Waals surface area contributed by atoms with Crippen molar-refractivity contribution in [3.05, 3.63) is 24.2 Å². The number of carbonyl (C=O) groups is 4. The van der Waals surface area contributed by atoms with Crippen LogP contribution in [-0.4, -0.2) is 84.0 Å². The van der Waals surface area contributed by atoms with Crippen molar-refractivity contribution in [3.8, 4) is 0 Å². The van der Waals surface area contributed by atoms with Crippen LogP contribution in [0.15, 0.2) is 22.8 Å². The number of hydrogen-bond donors (Lipinski definition) is 5. The SMILES string of the molecule is CC(C)C[C@H](NC(=O)OCC1CCN(Cc2ccco2)C1=O)C(=O)N[C@@H](C[C@@H]1CCNC1=O)C(O)S(=O)(=O)O. The van der Waals surface area contributed by atoms with Gasteiger partial charge in [-0.25, -0.2) is 4.79 Å². The smallest absolute Gasteiger partial charge is 0.407 e. The fraction of sp³-hybridized carbons (Fsp3) is 0.667. The van der Waals surface area contributed by atoms with Crippen LogP contribution >= 0.6 is 0 Å². The second-order valence-electron chi connectivity index (χ2n) is 10.3. The lowest BCUT2D eigenvalue weighted by Crippen LogP contribution is -2.55. The van der Waals surface area contributed by atoms with E-state index in [-0.39, 0.29) is 37.2 Å². The van der Waals surface area contributed by atoms with Crippen molar-refractivity contribution in [1.29, 1.82) is 0 Å². The van der Waals surface area contributed by atoms with Crippen LogP contribution in [0.1, 0.15) is 45.3 Å². The predicted octanol–water partition coefficient (Wildman–Crippen LogP) is -0.0138. The van der Waals surface area contributed by atoms with Gasteiger partial charge in [-0.3, -0.25) is 18.9 Å². The highest BCUT2D eigenvalue weighted by Crippen LogP contribution is 2.22. The predicted molar refractivity (Wildman–Crippen MR) is 135 cm³/mol. The van der Waals surface area contributed by atoms with Crippen molar-refractivity contribution in [2.75, 3.05) is 19.7 Å². The minimum absolute atomic E-state index is 0.0850. The van der Waals surface area contributed by atoms with Crippen LogP contribution in [0.2, 0.25) is 0 Å². The van der Waals surface area contributed by atoms with E-state index in [0.717, 1.165) is 0 Å². The molecule has 39 heavy (non-hydrogen) atoms. The lowest BCUT2D eigenvalue weighted by molar-refractivity contribution is -0.132. The maximum atomic E-state index is 13.1. The molecule has 2 fully saturated rings. The third-order valence-electron chi connectivity index (χ3n) is 6.74. The number of carbonyl (C=O) groups excluding carboxylic acids is 4. The summed E-state index contributed by atoms with van der Waals surface area (Å²) >= 11 is 0. The lowest BCUT2D eigenvalue weighted by Gasteiger charge is -2.27. The molecule has 0 radical (unpaired) electrons. The molecule has 0 saturated carbocycles. The van der Waals surface area contributed by atoms with Crippen molar-refractivity contribution in [2.24, 2.45) is 17.8 Å². The van der Waals surface area contributed by atoms with Gasteiger partial charge in [0.1, 0.15) is 18.4 Å². The van der Waals surface area contributed by atoms with Gasteiger partial charge < -0.3 is 35.1 Å². The van der Waals surface area contributed by atoms with Gasteiger partial charge in [-0.15, -0.1) is 0 Å². The monoisotopic (exact) mass is 572 g/mol. The standard InChI is InChI=1S/C24H36N4O10S/c1-14(2)10-18(21(30)26-19(23(32)39(34,35)36)11-15-5-7-25-20(15)29)27-24(33)38-13-16-6-8-28(22(16)31)12-17-4-3-9-37-17/h3-4,9,14-16,18-19,23,32H,5-8,10-13H2,1-2H3,(H,25,29)(H,26,30)(H,27,33)(H,34,35,36)/t15-,16?,18-,19-,23?/m0/s1. The fourth-order valence-corrected chi connectivity index (χ4v) is 5.28. The van der Waals surface area contributed by atoms with E-state index in [4.69, 9.17) is 9.15 Å². The number of furan rings is 1. The second-order valence-corrected chi connectivity index (χ2v) is 11.8. The van der Waals surface area contributed by atoms with Crippen LogP contribution in [-0.2, 0) is 35.8 Å². The summed E-state index contributed by atoms with van der Waals surface area (Å²) in [4.78, 5) is 51.8. The highest BCUT2D eigenvalue weighted by atomic mass is 32.2. The molecule has 3 rings (SSSR count). The van der Waals surface area contributed by atoms with Crippen LogP contribution in [0.5, 0.6) is 0 Å². The van der Waals surface area contributed by atoms with Gasteiger partial charge in [0.15, 0.2) is 0 Å². The molecule has 4 amide bonds. The van der Waals surface area contributed by atoms with E-state index in [1.807, 2.05) is 0 Å². The molecule has 15 heteroatoms. The van der Waals surface area contributed by atoms with Gasteiger partial charge in [-0.1, -0.05) is 13.8 Å². The Hall–Kier alpha value is -3.17. The molecule has 2 aliphatic heterocycles. The molecule has 0 aliphatic carbocycles. The highest BCUT2D eigenvalue weighted by molar-refractivity contribution is 7.86. The molecular formula is C24H36N4O10S. The first-order valence-corrected chi connectivity index (χ1v) is 14.3. The van der Waals surface area contributed by atoms with Gasteiger partial charge in [-0.2, -0.15) is 8.42 Å². The summed E-state index contributed by atoms with van der Waals surface area (Å²) in [5, 5.41) is 17.6. The molecule has 2 aliphatic rings. The average molecular weight is 573 g/mol. The van der Waals surface area contributed by atoms with Gasteiger partial charge in [-0.05, 0) is 43.7 Å².